The lowest BCUT2D eigenvalue weighted by Gasteiger charge is -2.12. The van der Waals surface area contributed by atoms with E-state index in [-0.39, 0.29) is 43.4 Å². The topological polar surface area (TPSA) is 178 Å². The number of rotatable bonds is 9. The molecule has 0 saturated heterocycles. The number of imidazole rings is 3. The van der Waals surface area contributed by atoms with Gasteiger partial charge in [-0.25, -0.2) is 40.6 Å². The summed E-state index contributed by atoms with van der Waals surface area (Å²) in [6.07, 6.45) is 1.27. The van der Waals surface area contributed by atoms with Crippen molar-refractivity contribution in [2.24, 2.45) is 0 Å². The number of anilines is 2. The van der Waals surface area contributed by atoms with E-state index in [1.165, 1.54) is 48.7 Å². The summed E-state index contributed by atoms with van der Waals surface area (Å²) < 4.78 is 88.3. The predicted molar refractivity (Wildman–Crippen MR) is 194 cm³/mol. The summed E-state index contributed by atoms with van der Waals surface area (Å²) in [5.41, 5.74) is 1.75. The minimum absolute atomic E-state index is 0.0555. The minimum atomic E-state index is -4.46. The number of nitrogens with zero attached hydrogens (tertiary/aromatic N) is 3. The highest BCUT2D eigenvalue weighted by atomic mass is 35.5. The van der Waals surface area contributed by atoms with Gasteiger partial charge in [-0.05, 0) is 60.7 Å². The lowest BCUT2D eigenvalue weighted by molar-refractivity contribution is 0.584. The molecule has 3 heterocycles. The van der Waals surface area contributed by atoms with Crippen LogP contribution in [0, 0.1) is 11.6 Å². The van der Waals surface area contributed by atoms with Crippen LogP contribution in [0.15, 0.2) is 119 Å². The first-order valence-corrected chi connectivity index (χ1v) is 18.7. The van der Waals surface area contributed by atoms with Crippen molar-refractivity contribution >= 4 is 65.1 Å². The number of halogens is 3. The van der Waals surface area contributed by atoms with Gasteiger partial charge >= 0.3 is 0 Å². The maximum Gasteiger partial charge on any atom is 0.262 e. The molecule has 0 aliphatic heterocycles. The van der Waals surface area contributed by atoms with Crippen molar-refractivity contribution in [1.82, 2.24) is 29.9 Å². The number of benzene rings is 5. The number of H-pyrrole nitrogens is 3. The first-order chi connectivity index (χ1) is 24.9. The van der Waals surface area contributed by atoms with Crippen molar-refractivity contribution in [1.29, 1.82) is 0 Å². The van der Waals surface area contributed by atoms with Crippen molar-refractivity contribution in [2.45, 2.75) is 9.79 Å². The molecule has 0 radical (unpaired) electrons. The molecule has 0 spiro atoms. The number of aromatic amines is 3. The summed E-state index contributed by atoms with van der Waals surface area (Å²) in [5.74, 6) is -1.44. The van der Waals surface area contributed by atoms with Gasteiger partial charge in [0.05, 0.1) is 54.5 Å². The standard InChI is InChI=1S/C35H23ClF2N8O4S2/c36-23-8-4-5-9-25(23)45-51(47,48)20-10-15-27-29(16-20)43-35(41-27)34-39-18-30(44-34)22-12-13-24(37)32(31(22)38)46-52(49,50)21-11-14-26-28(17-21)42-33(40-26)19-6-2-1-3-7-19/h1-18,45-46H,(H,39,44)(H,40,42)(H,41,43). The number of hydrogen-bond donors (Lipinski definition) is 5. The highest BCUT2D eigenvalue weighted by Gasteiger charge is 2.24. The van der Waals surface area contributed by atoms with E-state index >= 15 is 8.78 Å². The molecule has 0 aliphatic carbocycles. The molecule has 5 N–H and O–H groups in total. The monoisotopic (exact) mass is 756 g/mol. The molecule has 0 atom stereocenters. The van der Waals surface area contributed by atoms with Crippen LogP contribution in [-0.2, 0) is 20.0 Å². The van der Waals surface area contributed by atoms with Crippen molar-refractivity contribution in [3.05, 3.63) is 126 Å². The van der Waals surface area contributed by atoms with Crippen LogP contribution in [-0.4, -0.2) is 46.7 Å². The van der Waals surface area contributed by atoms with Gasteiger partial charge in [0, 0.05) is 11.1 Å². The van der Waals surface area contributed by atoms with Gasteiger partial charge in [0.15, 0.2) is 17.5 Å². The van der Waals surface area contributed by atoms with Gasteiger partial charge in [-0.3, -0.25) is 9.44 Å². The quantitative estimate of drug-likeness (QED) is 0.100. The Hall–Kier alpha value is -6.10. The summed E-state index contributed by atoms with van der Waals surface area (Å²) in [4.78, 5) is 21.9. The Morgan fingerprint density at radius 2 is 1.25 bits per heavy atom. The van der Waals surface area contributed by atoms with Crippen LogP contribution in [0.3, 0.4) is 0 Å². The molecule has 52 heavy (non-hydrogen) atoms. The Morgan fingerprint density at radius 3 is 1.94 bits per heavy atom. The van der Waals surface area contributed by atoms with Crippen LogP contribution in [0.25, 0.3) is 56.4 Å². The highest BCUT2D eigenvalue weighted by Crippen LogP contribution is 2.33. The number of nitrogens with one attached hydrogen (secondary N) is 5. The summed E-state index contributed by atoms with van der Waals surface area (Å²) in [5, 5.41) is 0.233. The zero-order valence-electron chi connectivity index (χ0n) is 26.3. The van der Waals surface area contributed by atoms with Crippen molar-refractivity contribution in [3.8, 4) is 34.3 Å². The molecule has 0 saturated carbocycles. The van der Waals surface area contributed by atoms with Gasteiger partial charge in [-0.2, -0.15) is 0 Å². The van der Waals surface area contributed by atoms with Crippen LogP contribution in [0.2, 0.25) is 5.02 Å². The van der Waals surface area contributed by atoms with Crippen LogP contribution in [0.5, 0.6) is 0 Å². The number of fused-ring (bicyclic) bond motifs is 2. The van der Waals surface area contributed by atoms with Crippen molar-refractivity contribution in [2.75, 3.05) is 9.44 Å². The van der Waals surface area contributed by atoms with E-state index in [2.05, 4.69) is 34.6 Å². The summed E-state index contributed by atoms with van der Waals surface area (Å²) in [7, 11) is -8.47. The summed E-state index contributed by atoms with van der Waals surface area (Å²) in [6.45, 7) is 0. The second-order valence-corrected chi connectivity index (χ2v) is 15.3. The fourth-order valence-electron chi connectivity index (χ4n) is 5.53. The van der Waals surface area contributed by atoms with E-state index in [0.29, 0.717) is 27.9 Å². The van der Waals surface area contributed by atoms with Crippen molar-refractivity contribution in [3.63, 3.8) is 0 Å². The molecule has 8 aromatic rings. The van der Waals surface area contributed by atoms with Gasteiger partial charge < -0.3 is 15.0 Å². The SMILES string of the molecule is O=S(=O)(Nc1ccccc1Cl)c1ccc2nc(-c3ncc(-c4ccc(F)c(NS(=O)(=O)c5ccc6nc(-c7ccccc7)[nH]c6c5)c4F)[nH]3)[nH]c2c1. The molecule has 17 heteroatoms. The van der Waals surface area contributed by atoms with Gasteiger partial charge in [-0.1, -0.05) is 54.1 Å². The van der Waals surface area contributed by atoms with E-state index in [1.54, 1.807) is 18.2 Å². The average molecular weight is 757 g/mol. The van der Waals surface area contributed by atoms with Gasteiger partial charge in [-0.15, -0.1) is 0 Å². The Kier molecular flexibility index (Phi) is 8.01. The molecule has 0 fully saturated rings. The summed E-state index contributed by atoms with van der Waals surface area (Å²) in [6, 6.07) is 26.1. The molecule has 8 rings (SSSR count). The Morgan fingerprint density at radius 1 is 0.635 bits per heavy atom. The zero-order chi connectivity index (χ0) is 36.2. The zero-order valence-corrected chi connectivity index (χ0v) is 28.7. The molecule has 0 amide bonds. The predicted octanol–water partition coefficient (Wildman–Crippen LogP) is 7.70. The third-order valence-electron chi connectivity index (χ3n) is 8.11. The van der Waals surface area contributed by atoms with E-state index < -0.39 is 37.4 Å². The van der Waals surface area contributed by atoms with Crippen molar-refractivity contribution < 1.29 is 25.6 Å². The number of sulfonamides is 2. The molecule has 260 valence electrons. The number of aromatic nitrogens is 6. The fourth-order valence-corrected chi connectivity index (χ4v) is 7.97. The largest absolute Gasteiger partial charge is 0.338 e. The Labute approximate surface area is 299 Å². The molecule has 0 aliphatic rings. The number of hydrogen-bond acceptors (Lipinski definition) is 7. The Bertz CT molecular complexity index is 2900. The molecule has 0 unspecified atom stereocenters. The maximum absolute atomic E-state index is 15.9. The fraction of sp³-hybridized carbons (Fsp3) is 0. The smallest absolute Gasteiger partial charge is 0.262 e. The van der Waals surface area contributed by atoms with E-state index in [1.807, 2.05) is 35.1 Å². The first kappa shape index (κ1) is 33.1. The van der Waals surface area contributed by atoms with Gasteiger partial charge in [0.25, 0.3) is 20.0 Å². The van der Waals surface area contributed by atoms with E-state index in [9.17, 15) is 16.8 Å². The second-order valence-electron chi connectivity index (χ2n) is 11.5. The minimum Gasteiger partial charge on any atom is -0.338 e. The normalized spacial score (nSPS) is 12.1. The average Bonchev–Trinajstić information content (AvgIpc) is 3.89. The highest BCUT2D eigenvalue weighted by molar-refractivity contribution is 7.93. The van der Waals surface area contributed by atoms with E-state index in [0.717, 1.165) is 17.7 Å². The molecule has 12 nitrogen and oxygen atoms in total. The Balaban J connectivity index is 1.05. The van der Waals surface area contributed by atoms with Gasteiger partial charge in [0.1, 0.15) is 17.3 Å². The lowest BCUT2D eigenvalue weighted by Crippen LogP contribution is -2.15. The third kappa shape index (κ3) is 6.12. The van der Waals surface area contributed by atoms with Crippen LogP contribution in [0.4, 0.5) is 20.2 Å². The maximum atomic E-state index is 15.9. The van der Waals surface area contributed by atoms with E-state index in [4.69, 9.17) is 11.6 Å². The van der Waals surface area contributed by atoms with Gasteiger partial charge in [0.2, 0.25) is 0 Å². The van der Waals surface area contributed by atoms with Crippen LogP contribution >= 0.6 is 11.6 Å². The van der Waals surface area contributed by atoms with Crippen LogP contribution < -0.4 is 9.44 Å². The lowest BCUT2D eigenvalue weighted by atomic mass is 10.1. The number of para-hydroxylation sites is 1. The molecule has 0 bridgehead atoms. The molecular formula is C35H23ClF2N8O4S2. The van der Waals surface area contributed by atoms with Crippen LogP contribution in [0.1, 0.15) is 0 Å². The second kappa shape index (κ2) is 12.6. The summed E-state index contributed by atoms with van der Waals surface area (Å²) >= 11 is 6.12. The molecule has 5 aromatic carbocycles. The molecular weight excluding hydrogens is 734 g/mol. The first-order valence-electron chi connectivity index (χ1n) is 15.3. The third-order valence-corrected chi connectivity index (χ3v) is 11.2. The molecule has 3 aromatic heterocycles.